The number of likely N-dealkylation sites (tertiary alicyclic amines) is 1. The molecule has 1 aliphatic heterocycles. The zero-order valence-electron chi connectivity index (χ0n) is 13.5. The molecule has 6 heteroatoms. The van der Waals surface area contributed by atoms with Gasteiger partial charge in [-0.1, -0.05) is 6.07 Å². The Labute approximate surface area is 136 Å². The quantitative estimate of drug-likeness (QED) is 0.793. The van der Waals surface area contributed by atoms with Gasteiger partial charge in [-0.3, -0.25) is 4.79 Å². The van der Waals surface area contributed by atoms with Crippen LogP contribution in [0.25, 0.3) is 0 Å². The topological polar surface area (TPSA) is 73.5 Å². The molecule has 2 aliphatic rings. The summed E-state index contributed by atoms with van der Waals surface area (Å²) in [7, 11) is 1.96. The van der Waals surface area contributed by atoms with Crippen LogP contribution in [0.1, 0.15) is 36.0 Å². The van der Waals surface area contributed by atoms with Crippen molar-refractivity contribution in [2.75, 3.05) is 25.5 Å². The molecule has 1 heterocycles. The number of nitrogens with zero attached hydrogens (tertiary/aromatic N) is 1. The summed E-state index contributed by atoms with van der Waals surface area (Å²) in [5, 5.41) is 8.93. The Morgan fingerprint density at radius 3 is 2.48 bits per heavy atom. The van der Waals surface area contributed by atoms with Crippen molar-refractivity contribution in [3.05, 3.63) is 29.8 Å². The van der Waals surface area contributed by atoms with Crippen LogP contribution in [0.3, 0.4) is 0 Å². The van der Waals surface area contributed by atoms with Gasteiger partial charge in [0.2, 0.25) is 0 Å². The molecule has 0 aromatic heterocycles. The Kier molecular flexibility index (Phi) is 4.81. The van der Waals surface area contributed by atoms with E-state index in [1.165, 1.54) is 0 Å². The molecule has 3 amide bonds. The van der Waals surface area contributed by atoms with Crippen molar-refractivity contribution in [1.82, 2.24) is 15.5 Å². The van der Waals surface area contributed by atoms with Crippen LogP contribution < -0.4 is 16.0 Å². The van der Waals surface area contributed by atoms with Gasteiger partial charge in [0.15, 0.2) is 0 Å². The van der Waals surface area contributed by atoms with Gasteiger partial charge in [0.1, 0.15) is 0 Å². The Morgan fingerprint density at radius 2 is 1.83 bits per heavy atom. The number of hydrogen-bond donors (Lipinski definition) is 3. The summed E-state index contributed by atoms with van der Waals surface area (Å²) in [6.07, 6.45) is 4.05. The van der Waals surface area contributed by atoms with Crippen LogP contribution >= 0.6 is 0 Å². The highest BCUT2D eigenvalue weighted by Crippen LogP contribution is 2.19. The first-order valence-corrected chi connectivity index (χ1v) is 8.30. The number of amides is 3. The minimum atomic E-state index is -0.202. The smallest absolute Gasteiger partial charge is 0.319 e. The van der Waals surface area contributed by atoms with Crippen molar-refractivity contribution in [3.8, 4) is 0 Å². The molecule has 0 radical (unpaired) electrons. The average molecular weight is 316 g/mol. The number of piperidine rings is 1. The molecule has 0 spiro atoms. The second-order valence-corrected chi connectivity index (χ2v) is 6.31. The third kappa shape index (κ3) is 4.22. The van der Waals surface area contributed by atoms with E-state index in [2.05, 4.69) is 16.0 Å². The summed E-state index contributed by atoms with van der Waals surface area (Å²) in [6.45, 7) is 1.54. The van der Waals surface area contributed by atoms with Gasteiger partial charge in [-0.2, -0.15) is 0 Å². The van der Waals surface area contributed by atoms with Crippen LogP contribution in [-0.4, -0.2) is 49.1 Å². The van der Waals surface area contributed by atoms with Crippen LogP contribution in [0.2, 0.25) is 0 Å². The highest BCUT2D eigenvalue weighted by molar-refractivity contribution is 5.97. The predicted octanol–water partition coefficient (Wildman–Crippen LogP) is 1.79. The van der Waals surface area contributed by atoms with Crippen molar-refractivity contribution < 1.29 is 9.59 Å². The van der Waals surface area contributed by atoms with Gasteiger partial charge < -0.3 is 20.9 Å². The maximum atomic E-state index is 12.6. The second-order valence-electron chi connectivity index (χ2n) is 6.31. The van der Waals surface area contributed by atoms with Crippen LogP contribution in [0.4, 0.5) is 10.5 Å². The van der Waals surface area contributed by atoms with E-state index in [-0.39, 0.29) is 11.9 Å². The first-order chi connectivity index (χ1) is 11.2. The Hall–Kier alpha value is -2.08. The summed E-state index contributed by atoms with van der Waals surface area (Å²) >= 11 is 0. The van der Waals surface area contributed by atoms with Gasteiger partial charge in [-0.25, -0.2) is 4.79 Å². The van der Waals surface area contributed by atoms with Gasteiger partial charge in [0.25, 0.3) is 5.91 Å². The molecule has 1 saturated heterocycles. The minimum Gasteiger partial charge on any atom is -0.339 e. The molecule has 0 unspecified atom stereocenters. The molecule has 1 aliphatic carbocycles. The predicted molar refractivity (Wildman–Crippen MR) is 89.6 cm³/mol. The summed E-state index contributed by atoms with van der Waals surface area (Å²) in [4.78, 5) is 26.3. The largest absolute Gasteiger partial charge is 0.339 e. The normalized spacial score (nSPS) is 18.6. The van der Waals surface area contributed by atoms with Crippen LogP contribution in [0.15, 0.2) is 24.3 Å². The zero-order chi connectivity index (χ0) is 16.2. The molecule has 1 aromatic carbocycles. The SMILES string of the molecule is CNC1CCN(C(=O)c2cccc(NC(=O)NC3CC3)c2)CC1. The average Bonchev–Trinajstić information content (AvgIpc) is 3.38. The van der Waals surface area contributed by atoms with Crippen molar-refractivity contribution >= 4 is 17.6 Å². The molecule has 1 aromatic rings. The van der Waals surface area contributed by atoms with E-state index in [9.17, 15) is 9.59 Å². The fraction of sp³-hybridized carbons (Fsp3) is 0.529. The van der Waals surface area contributed by atoms with Crippen molar-refractivity contribution in [3.63, 3.8) is 0 Å². The van der Waals surface area contributed by atoms with E-state index in [4.69, 9.17) is 0 Å². The number of carbonyl (C=O) groups excluding carboxylic acids is 2. The number of hydrogen-bond acceptors (Lipinski definition) is 3. The molecule has 3 rings (SSSR count). The number of nitrogens with one attached hydrogen (secondary N) is 3. The van der Waals surface area contributed by atoms with E-state index in [0.717, 1.165) is 38.8 Å². The monoisotopic (exact) mass is 316 g/mol. The summed E-state index contributed by atoms with van der Waals surface area (Å²) < 4.78 is 0. The van der Waals surface area contributed by atoms with Gasteiger partial charge in [0, 0.05) is 36.4 Å². The maximum Gasteiger partial charge on any atom is 0.319 e. The lowest BCUT2D eigenvalue weighted by molar-refractivity contribution is 0.0707. The molecule has 6 nitrogen and oxygen atoms in total. The fourth-order valence-electron chi connectivity index (χ4n) is 2.86. The first kappa shape index (κ1) is 15.8. The molecule has 0 bridgehead atoms. The van der Waals surface area contributed by atoms with Crippen molar-refractivity contribution in [2.45, 2.75) is 37.8 Å². The summed E-state index contributed by atoms with van der Waals surface area (Å²) in [6, 6.07) is 7.77. The molecule has 1 saturated carbocycles. The third-order valence-electron chi connectivity index (χ3n) is 4.47. The molecule has 23 heavy (non-hydrogen) atoms. The van der Waals surface area contributed by atoms with Gasteiger partial charge >= 0.3 is 6.03 Å². The fourth-order valence-corrected chi connectivity index (χ4v) is 2.86. The molecular weight excluding hydrogens is 292 g/mol. The number of anilines is 1. The van der Waals surface area contributed by atoms with E-state index in [0.29, 0.717) is 23.3 Å². The Morgan fingerprint density at radius 1 is 1.09 bits per heavy atom. The number of urea groups is 1. The summed E-state index contributed by atoms with van der Waals surface area (Å²) in [5.74, 6) is 0.0332. The van der Waals surface area contributed by atoms with E-state index >= 15 is 0 Å². The lowest BCUT2D eigenvalue weighted by Crippen LogP contribution is -2.43. The zero-order valence-corrected chi connectivity index (χ0v) is 13.5. The van der Waals surface area contributed by atoms with E-state index in [1.807, 2.05) is 11.9 Å². The lowest BCUT2D eigenvalue weighted by atomic mass is 10.0. The molecule has 124 valence electrons. The van der Waals surface area contributed by atoms with Crippen molar-refractivity contribution in [2.24, 2.45) is 0 Å². The van der Waals surface area contributed by atoms with Crippen molar-refractivity contribution in [1.29, 1.82) is 0 Å². The highest BCUT2D eigenvalue weighted by atomic mass is 16.2. The molecule has 3 N–H and O–H groups in total. The van der Waals surface area contributed by atoms with E-state index in [1.54, 1.807) is 24.3 Å². The van der Waals surface area contributed by atoms with Gasteiger partial charge in [-0.15, -0.1) is 0 Å². The second kappa shape index (κ2) is 7.00. The minimum absolute atomic E-state index is 0.0332. The third-order valence-corrected chi connectivity index (χ3v) is 4.47. The van der Waals surface area contributed by atoms with Crippen LogP contribution in [0.5, 0.6) is 0 Å². The summed E-state index contributed by atoms with van der Waals surface area (Å²) in [5.41, 5.74) is 1.27. The molecular formula is C17H24N4O2. The van der Waals surface area contributed by atoms with E-state index < -0.39 is 0 Å². The van der Waals surface area contributed by atoms with Crippen LogP contribution in [-0.2, 0) is 0 Å². The highest BCUT2D eigenvalue weighted by Gasteiger charge is 2.24. The maximum absolute atomic E-state index is 12.6. The lowest BCUT2D eigenvalue weighted by Gasteiger charge is -2.32. The van der Waals surface area contributed by atoms with Gasteiger partial charge in [-0.05, 0) is 50.9 Å². The Bertz CT molecular complexity index is 578. The first-order valence-electron chi connectivity index (χ1n) is 8.30. The number of benzene rings is 1. The number of rotatable bonds is 4. The number of carbonyl (C=O) groups is 2. The molecule has 0 atom stereocenters. The van der Waals surface area contributed by atoms with Gasteiger partial charge in [0.05, 0.1) is 0 Å². The standard InChI is InChI=1S/C17H24N4O2/c1-18-13-7-9-21(10-8-13)16(22)12-3-2-4-15(11-12)20-17(23)19-14-5-6-14/h2-4,11,13-14,18H,5-10H2,1H3,(H2,19,20,23). The Balaban J connectivity index is 1.59. The molecule has 2 fully saturated rings. The van der Waals surface area contributed by atoms with Crippen LogP contribution in [0, 0.1) is 0 Å².